The summed E-state index contributed by atoms with van der Waals surface area (Å²) in [6.07, 6.45) is 3.50. The molecule has 8 heteroatoms. The molecule has 0 aliphatic carbocycles. The van der Waals surface area contributed by atoms with Crippen molar-refractivity contribution in [3.05, 3.63) is 18.5 Å². The maximum absolute atomic E-state index is 11.9. The van der Waals surface area contributed by atoms with E-state index in [9.17, 15) is 13.2 Å². The van der Waals surface area contributed by atoms with Gasteiger partial charge in [-0.3, -0.25) is 4.68 Å². The van der Waals surface area contributed by atoms with Gasteiger partial charge in [0, 0.05) is 37.8 Å². The van der Waals surface area contributed by atoms with Gasteiger partial charge in [-0.1, -0.05) is 6.92 Å². The highest BCUT2D eigenvalue weighted by Crippen LogP contribution is 1.95. The summed E-state index contributed by atoms with van der Waals surface area (Å²) in [5.74, 6) is 0.0825. The number of rotatable bonds is 7. The normalized spacial score (nSPS) is 12.9. The molecule has 1 atom stereocenters. The van der Waals surface area contributed by atoms with Crippen molar-refractivity contribution in [2.45, 2.75) is 26.4 Å². The molecule has 0 saturated heterocycles. The Bertz CT molecular complexity index is 513. The Morgan fingerprint density at radius 2 is 2.20 bits per heavy atom. The second-order valence-electron chi connectivity index (χ2n) is 4.74. The zero-order valence-corrected chi connectivity index (χ0v) is 12.9. The molecule has 20 heavy (non-hydrogen) atoms. The molecule has 0 aromatic carbocycles. The van der Waals surface area contributed by atoms with Crippen LogP contribution < -0.4 is 5.32 Å². The molecule has 1 aromatic rings. The lowest BCUT2D eigenvalue weighted by molar-refractivity contribution is 0.206. The number of amides is 2. The Morgan fingerprint density at radius 1 is 1.50 bits per heavy atom. The van der Waals surface area contributed by atoms with E-state index in [1.165, 1.54) is 4.90 Å². The van der Waals surface area contributed by atoms with Gasteiger partial charge >= 0.3 is 6.03 Å². The van der Waals surface area contributed by atoms with Crippen LogP contribution in [-0.2, 0) is 16.4 Å². The lowest BCUT2D eigenvalue weighted by atomic mass is 10.3. The minimum absolute atomic E-state index is 0.0129. The fraction of sp³-hybridized carbons (Fsp3) is 0.667. The van der Waals surface area contributed by atoms with Crippen molar-refractivity contribution in [1.29, 1.82) is 0 Å². The average Bonchev–Trinajstić information content (AvgIpc) is 2.88. The third kappa shape index (κ3) is 5.60. The molecule has 0 bridgehead atoms. The molecular formula is C12H22N4O3S. The van der Waals surface area contributed by atoms with E-state index in [4.69, 9.17) is 0 Å². The molecule has 7 nitrogen and oxygen atoms in total. The summed E-state index contributed by atoms with van der Waals surface area (Å²) in [4.78, 5) is 13.3. The van der Waals surface area contributed by atoms with E-state index in [1.807, 2.05) is 19.2 Å². The van der Waals surface area contributed by atoms with Gasteiger partial charge in [0.1, 0.15) is 0 Å². The van der Waals surface area contributed by atoms with Crippen molar-refractivity contribution >= 4 is 15.9 Å². The number of sulfone groups is 1. The van der Waals surface area contributed by atoms with Gasteiger partial charge < -0.3 is 10.2 Å². The van der Waals surface area contributed by atoms with Crippen LogP contribution in [0.1, 0.15) is 13.8 Å². The minimum atomic E-state index is -3.05. The first-order valence-corrected chi connectivity index (χ1v) is 8.35. The number of hydrogen-bond acceptors (Lipinski definition) is 4. The number of hydrogen-bond donors (Lipinski definition) is 1. The summed E-state index contributed by atoms with van der Waals surface area (Å²) in [6.45, 7) is 4.23. The van der Waals surface area contributed by atoms with Crippen LogP contribution in [-0.4, -0.2) is 60.3 Å². The van der Waals surface area contributed by atoms with Crippen molar-refractivity contribution in [1.82, 2.24) is 20.0 Å². The number of aromatic nitrogens is 2. The van der Waals surface area contributed by atoms with Gasteiger partial charge in [0.15, 0.2) is 9.84 Å². The van der Waals surface area contributed by atoms with Gasteiger partial charge in [-0.25, -0.2) is 13.2 Å². The topological polar surface area (TPSA) is 84.3 Å². The van der Waals surface area contributed by atoms with E-state index in [2.05, 4.69) is 10.4 Å². The van der Waals surface area contributed by atoms with Gasteiger partial charge in [0.25, 0.3) is 0 Å². The zero-order valence-electron chi connectivity index (χ0n) is 12.1. The van der Waals surface area contributed by atoms with Gasteiger partial charge in [0.2, 0.25) is 0 Å². The van der Waals surface area contributed by atoms with Crippen molar-refractivity contribution in [2.75, 3.05) is 25.1 Å². The highest BCUT2D eigenvalue weighted by molar-refractivity contribution is 7.91. The van der Waals surface area contributed by atoms with Gasteiger partial charge in [0.05, 0.1) is 12.3 Å². The van der Waals surface area contributed by atoms with E-state index in [1.54, 1.807) is 24.9 Å². The molecule has 0 saturated carbocycles. The number of carbonyl (C=O) groups excluding carboxylic acids is 1. The Balaban J connectivity index is 2.37. The van der Waals surface area contributed by atoms with E-state index >= 15 is 0 Å². The summed E-state index contributed by atoms with van der Waals surface area (Å²) in [7, 11) is -1.47. The van der Waals surface area contributed by atoms with Crippen LogP contribution in [0.25, 0.3) is 0 Å². The van der Waals surface area contributed by atoms with Crippen LogP contribution in [0.4, 0.5) is 4.79 Å². The van der Waals surface area contributed by atoms with Crippen molar-refractivity contribution < 1.29 is 13.2 Å². The molecule has 0 aliphatic heterocycles. The predicted molar refractivity (Wildman–Crippen MR) is 77.2 cm³/mol. The fourth-order valence-corrected chi connectivity index (χ4v) is 2.42. The molecule has 1 aromatic heterocycles. The van der Waals surface area contributed by atoms with E-state index in [0.717, 1.165) is 0 Å². The van der Waals surface area contributed by atoms with Crippen molar-refractivity contribution in [3.8, 4) is 0 Å². The molecule has 1 rings (SSSR count). The number of nitrogens with one attached hydrogen (secondary N) is 1. The standard InChI is InChI=1S/C12H22N4O3S/c1-4-20(18,19)9-8-15(3)12(17)14-11(2)10-16-7-5-6-13-16/h5-7,11H,4,8-10H2,1-3H3,(H,14,17). The van der Waals surface area contributed by atoms with Gasteiger partial charge in [-0.05, 0) is 13.0 Å². The van der Waals surface area contributed by atoms with Crippen LogP contribution in [0.3, 0.4) is 0 Å². The highest BCUT2D eigenvalue weighted by atomic mass is 32.2. The Labute approximate surface area is 119 Å². The van der Waals surface area contributed by atoms with Crippen molar-refractivity contribution in [3.63, 3.8) is 0 Å². The lowest BCUT2D eigenvalue weighted by Crippen LogP contribution is -2.45. The maximum Gasteiger partial charge on any atom is 0.317 e. The molecule has 0 spiro atoms. The third-order valence-corrected chi connectivity index (χ3v) is 4.60. The number of nitrogens with zero attached hydrogens (tertiary/aromatic N) is 3. The smallest absolute Gasteiger partial charge is 0.317 e. The molecule has 114 valence electrons. The fourth-order valence-electron chi connectivity index (χ4n) is 1.58. The number of urea groups is 1. The molecule has 0 aliphatic rings. The van der Waals surface area contributed by atoms with Gasteiger partial charge in [-0.2, -0.15) is 5.10 Å². The van der Waals surface area contributed by atoms with Crippen molar-refractivity contribution in [2.24, 2.45) is 0 Å². The molecular weight excluding hydrogens is 280 g/mol. The molecule has 2 amide bonds. The summed E-state index contributed by atoms with van der Waals surface area (Å²) < 4.78 is 24.5. The SMILES string of the molecule is CCS(=O)(=O)CCN(C)C(=O)NC(C)Cn1cccn1. The molecule has 1 N–H and O–H groups in total. The second-order valence-corrected chi connectivity index (χ2v) is 7.21. The van der Waals surface area contributed by atoms with Crippen LogP contribution in [0.15, 0.2) is 18.5 Å². The number of carbonyl (C=O) groups is 1. The lowest BCUT2D eigenvalue weighted by Gasteiger charge is -2.21. The summed E-state index contributed by atoms with van der Waals surface area (Å²) in [6, 6.07) is 1.44. The predicted octanol–water partition coefficient (Wildman–Crippen LogP) is 0.348. The summed E-state index contributed by atoms with van der Waals surface area (Å²) in [5, 5.41) is 6.86. The Hall–Kier alpha value is -1.57. The minimum Gasteiger partial charge on any atom is -0.334 e. The molecule has 0 radical (unpaired) electrons. The first-order chi connectivity index (χ1) is 9.34. The largest absolute Gasteiger partial charge is 0.334 e. The highest BCUT2D eigenvalue weighted by Gasteiger charge is 2.15. The molecule has 1 heterocycles. The quantitative estimate of drug-likeness (QED) is 0.787. The molecule has 0 fully saturated rings. The molecule has 1 unspecified atom stereocenters. The van der Waals surface area contributed by atoms with E-state index in [0.29, 0.717) is 6.54 Å². The summed E-state index contributed by atoms with van der Waals surface area (Å²) >= 11 is 0. The first kappa shape index (κ1) is 16.5. The Kier molecular flexibility index (Phi) is 6.00. The first-order valence-electron chi connectivity index (χ1n) is 6.53. The third-order valence-electron chi connectivity index (χ3n) is 2.91. The van der Waals surface area contributed by atoms with Crippen LogP contribution >= 0.6 is 0 Å². The zero-order chi connectivity index (χ0) is 15.2. The second kappa shape index (κ2) is 7.28. The van der Waals surface area contributed by atoms with Crippen LogP contribution in [0.2, 0.25) is 0 Å². The van der Waals surface area contributed by atoms with Crippen LogP contribution in [0, 0.1) is 0 Å². The summed E-state index contributed by atoms with van der Waals surface area (Å²) in [5.41, 5.74) is 0. The van der Waals surface area contributed by atoms with Gasteiger partial charge in [-0.15, -0.1) is 0 Å². The average molecular weight is 302 g/mol. The van der Waals surface area contributed by atoms with Crippen LogP contribution in [0.5, 0.6) is 0 Å². The van der Waals surface area contributed by atoms with E-state index < -0.39 is 9.84 Å². The Morgan fingerprint density at radius 3 is 2.75 bits per heavy atom. The maximum atomic E-state index is 11.9. The monoisotopic (exact) mass is 302 g/mol. The van der Waals surface area contributed by atoms with E-state index in [-0.39, 0.29) is 30.1 Å².